The van der Waals surface area contributed by atoms with Crippen molar-refractivity contribution < 1.29 is 9.18 Å². The van der Waals surface area contributed by atoms with E-state index in [1.165, 1.54) is 6.07 Å². The minimum atomic E-state index is -0.817. The molecule has 1 saturated heterocycles. The number of benzene rings is 1. The van der Waals surface area contributed by atoms with Crippen LogP contribution >= 0.6 is 12.4 Å². The summed E-state index contributed by atoms with van der Waals surface area (Å²) in [5, 5.41) is 3.20. The smallest absolute Gasteiger partial charge is 0.232 e. The molecule has 106 valence electrons. The van der Waals surface area contributed by atoms with Gasteiger partial charge in [-0.15, -0.1) is 12.4 Å². The number of nitrogens with zero attached hydrogens (tertiary/aromatic N) is 1. The van der Waals surface area contributed by atoms with Gasteiger partial charge in [-0.05, 0) is 19.9 Å². The van der Waals surface area contributed by atoms with Gasteiger partial charge in [0, 0.05) is 31.7 Å². The molecule has 1 N–H and O–H groups in total. The summed E-state index contributed by atoms with van der Waals surface area (Å²) in [6, 6.07) is 6.51. The Labute approximate surface area is 119 Å². The Morgan fingerprint density at radius 3 is 2.42 bits per heavy atom. The van der Waals surface area contributed by atoms with E-state index in [-0.39, 0.29) is 24.1 Å². The predicted octanol–water partition coefficient (Wildman–Crippen LogP) is 1.96. The maximum absolute atomic E-state index is 13.8. The number of carbonyl (C=O) groups excluding carboxylic acids is 1. The SMILES string of the molecule is CC(C)(C(=O)N1CCNCC1)c1ccccc1F.Cl. The first-order valence-electron chi connectivity index (χ1n) is 6.28. The molecule has 19 heavy (non-hydrogen) atoms. The van der Waals surface area contributed by atoms with E-state index in [0.717, 1.165) is 13.1 Å². The van der Waals surface area contributed by atoms with E-state index in [0.29, 0.717) is 18.7 Å². The number of hydrogen-bond donors (Lipinski definition) is 1. The average molecular weight is 287 g/mol. The first-order valence-corrected chi connectivity index (χ1v) is 6.28. The van der Waals surface area contributed by atoms with Gasteiger partial charge in [-0.1, -0.05) is 18.2 Å². The van der Waals surface area contributed by atoms with Crippen molar-refractivity contribution in [3.63, 3.8) is 0 Å². The number of halogens is 2. The molecule has 1 heterocycles. The number of amides is 1. The first kappa shape index (κ1) is 15.9. The number of piperazine rings is 1. The summed E-state index contributed by atoms with van der Waals surface area (Å²) in [6.07, 6.45) is 0. The second-order valence-electron chi connectivity index (χ2n) is 5.15. The quantitative estimate of drug-likeness (QED) is 0.901. The monoisotopic (exact) mass is 286 g/mol. The van der Waals surface area contributed by atoms with Crippen molar-refractivity contribution in [2.24, 2.45) is 0 Å². The summed E-state index contributed by atoms with van der Waals surface area (Å²) in [7, 11) is 0. The fraction of sp³-hybridized carbons (Fsp3) is 0.500. The van der Waals surface area contributed by atoms with Gasteiger partial charge in [0.05, 0.1) is 5.41 Å². The minimum absolute atomic E-state index is 0. The lowest BCUT2D eigenvalue weighted by atomic mass is 9.82. The second kappa shape index (κ2) is 6.35. The standard InChI is InChI=1S/C14H19FN2O.ClH/c1-14(2,11-5-3-4-6-12(11)15)13(18)17-9-7-16-8-10-17;/h3-6,16H,7-10H2,1-2H3;1H. The number of rotatable bonds is 2. The number of nitrogens with one attached hydrogen (secondary N) is 1. The molecule has 0 radical (unpaired) electrons. The van der Waals surface area contributed by atoms with Crippen molar-refractivity contribution >= 4 is 18.3 Å². The van der Waals surface area contributed by atoms with Gasteiger partial charge < -0.3 is 10.2 Å². The Morgan fingerprint density at radius 1 is 1.26 bits per heavy atom. The molecule has 0 atom stereocenters. The van der Waals surface area contributed by atoms with Crippen LogP contribution in [-0.4, -0.2) is 37.0 Å². The highest BCUT2D eigenvalue weighted by atomic mass is 35.5. The van der Waals surface area contributed by atoms with Gasteiger partial charge in [0.1, 0.15) is 5.82 Å². The molecular formula is C14H20ClFN2O. The lowest BCUT2D eigenvalue weighted by Gasteiger charge is -2.35. The van der Waals surface area contributed by atoms with Crippen LogP contribution in [0.4, 0.5) is 4.39 Å². The van der Waals surface area contributed by atoms with E-state index in [1.807, 2.05) is 4.90 Å². The molecule has 2 rings (SSSR count). The van der Waals surface area contributed by atoms with Crippen LogP contribution < -0.4 is 5.32 Å². The Bertz CT molecular complexity index is 445. The van der Waals surface area contributed by atoms with E-state index in [9.17, 15) is 9.18 Å². The fourth-order valence-electron chi connectivity index (χ4n) is 2.35. The number of hydrogen-bond acceptors (Lipinski definition) is 2. The summed E-state index contributed by atoms with van der Waals surface area (Å²) in [4.78, 5) is 14.3. The second-order valence-corrected chi connectivity index (χ2v) is 5.15. The number of carbonyl (C=O) groups is 1. The maximum atomic E-state index is 13.8. The molecule has 1 amide bonds. The molecular weight excluding hydrogens is 267 g/mol. The van der Waals surface area contributed by atoms with Gasteiger partial charge in [0.25, 0.3) is 0 Å². The third kappa shape index (κ3) is 3.25. The van der Waals surface area contributed by atoms with Crippen LogP contribution in [0.1, 0.15) is 19.4 Å². The van der Waals surface area contributed by atoms with Crippen molar-refractivity contribution in [1.29, 1.82) is 0 Å². The van der Waals surface area contributed by atoms with Crippen LogP contribution in [0.15, 0.2) is 24.3 Å². The molecule has 0 aromatic heterocycles. The topological polar surface area (TPSA) is 32.3 Å². The van der Waals surface area contributed by atoms with Crippen LogP contribution in [0.2, 0.25) is 0 Å². The molecule has 1 aliphatic rings. The van der Waals surface area contributed by atoms with Crippen molar-refractivity contribution in [2.75, 3.05) is 26.2 Å². The molecule has 0 unspecified atom stereocenters. The highest BCUT2D eigenvalue weighted by molar-refractivity contribution is 5.87. The van der Waals surface area contributed by atoms with E-state index < -0.39 is 5.41 Å². The van der Waals surface area contributed by atoms with Crippen LogP contribution in [0.5, 0.6) is 0 Å². The maximum Gasteiger partial charge on any atom is 0.232 e. The Balaban J connectivity index is 0.00000180. The predicted molar refractivity (Wildman–Crippen MR) is 76.1 cm³/mol. The summed E-state index contributed by atoms with van der Waals surface area (Å²) in [5.41, 5.74) is -0.351. The van der Waals surface area contributed by atoms with Crippen molar-refractivity contribution in [1.82, 2.24) is 10.2 Å². The van der Waals surface area contributed by atoms with Crippen LogP contribution in [-0.2, 0) is 10.2 Å². The molecule has 0 aliphatic carbocycles. The zero-order valence-electron chi connectivity index (χ0n) is 11.3. The normalized spacial score (nSPS) is 15.8. The zero-order valence-corrected chi connectivity index (χ0v) is 12.1. The van der Waals surface area contributed by atoms with Crippen molar-refractivity contribution in [2.45, 2.75) is 19.3 Å². The van der Waals surface area contributed by atoms with Crippen LogP contribution in [0.3, 0.4) is 0 Å². The van der Waals surface area contributed by atoms with Gasteiger partial charge in [0.15, 0.2) is 0 Å². The largest absolute Gasteiger partial charge is 0.339 e. The van der Waals surface area contributed by atoms with E-state index in [4.69, 9.17) is 0 Å². The lowest BCUT2D eigenvalue weighted by molar-refractivity contribution is -0.136. The third-order valence-corrected chi connectivity index (χ3v) is 3.49. The van der Waals surface area contributed by atoms with Gasteiger partial charge in [-0.3, -0.25) is 4.79 Å². The molecule has 0 saturated carbocycles. The van der Waals surface area contributed by atoms with Crippen molar-refractivity contribution in [3.05, 3.63) is 35.6 Å². The molecule has 0 spiro atoms. The first-order chi connectivity index (χ1) is 8.53. The lowest BCUT2D eigenvalue weighted by Crippen LogP contribution is -2.52. The van der Waals surface area contributed by atoms with Gasteiger partial charge in [0.2, 0.25) is 5.91 Å². The Kier molecular flexibility index (Phi) is 5.32. The van der Waals surface area contributed by atoms with Gasteiger partial charge in [-0.25, -0.2) is 4.39 Å². The molecule has 1 aromatic carbocycles. The third-order valence-electron chi connectivity index (χ3n) is 3.49. The van der Waals surface area contributed by atoms with Gasteiger partial charge in [-0.2, -0.15) is 0 Å². The van der Waals surface area contributed by atoms with E-state index in [2.05, 4.69) is 5.32 Å². The highest BCUT2D eigenvalue weighted by Gasteiger charge is 2.35. The summed E-state index contributed by atoms with van der Waals surface area (Å²) >= 11 is 0. The average Bonchev–Trinajstić information content (AvgIpc) is 2.39. The molecule has 1 aliphatic heterocycles. The van der Waals surface area contributed by atoms with Gasteiger partial charge >= 0.3 is 0 Å². The minimum Gasteiger partial charge on any atom is -0.339 e. The fourth-order valence-corrected chi connectivity index (χ4v) is 2.35. The molecule has 3 nitrogen and oxygen atoms in total. The zero-order chi connectivity index (χ0) is 13.2. The Morgan fingerprint density at radius 2 is 1.84 bits per heavy atom. The highest BCUT2D eigenvalue weighted by Crippen LogP contribution is 2.28. The summed E-state index contributed by atoms with van der Waals surface area (Å²) in [6.45, 7) is 6.57. The molecule has 1 fully saturated rings. The van der Waals surface area contributed by atoms with Crippen molar-refractivity contribution in [3.8, 4) is 0 Å². The summed E-state index contributed by atoms with van der Waals surface area (Å²) < 4.78 is 13.8. The molecule has 0 bridgehead atoms. The van der Waals surface area contributed by atoms with Crippen LogP contribution in [0, 0.1) is 5.82 Å². The van der Waals surface area contributed by atoms with Crippen LogP contribution in [0.25, 0.3) is 0 Å². The van der Waals surface area contributed by atoms with E-state index >= 15 is 0 Å². The van der Waals surface area contributed by atoms with E-state index in [1.54, 1.807) is 32.0 Å². The molecule has 1 aromatic rings. The molecule has 5 heteroatoms. The Hall–Kier alpha value is -1.13. The summed E-state index contributed by atoms with van der Waals surface area (Å²) in [5.74, 6) is -0.319.